The van der Waals surface area contributed by atoms with Gasteiger partial charge in [0.15, 0.2) is 0 Å². The van der Waals surface area contributed by atoms with Crippen molar-refractivity contribution in [2.75, 3.05) is 25.1 Å². The molecule has 2 aromatic rings. The summed E-state index contributed by atoms with van der Waals surface area (Å²) in [7, 11) is 1.62. The largest absolute Gasteiger partial charge is 0.497 e. The summed E-state index contributed by atoms with van der Waals surface area (Å²) in [4.78, 5) is 35.3. The third-order valence-corrected chi connectivity index (χ3v) is 7.05. The highest BCUT2D eigenvalue weighted by molar-refractivity contribution is 6.19. The summed E-state index contributed by atoms with van der Waals surface area (Å²) in [5.74, 6) is 1.36. The molecule has 0 aromatic heterocycles. The molecule has 2 aliphatic heterocycles. The number of nitrogens with one attached hydrogen (secondary N) is 1. The van der Waals surface area contributed by atoms with Gasteiger partial charge in [-0.3, -0.25) is 20.0 Å². The fraction of sp³-hybridized carbons (Fsp3) is 0.423. The minimum Gasteiger partial charge on any atom is -0.497 e. The fourth-order valence-corrected chi connectivity index (χ4v) is 5.34. The molecule has 1 unspecified atom stereocenters. The highest BCUT2D eigenvalue weighted by atomic mass is 16.5. The molecule has 0 radical (unpaired) electrons. The van der Waals surface area contributed by atoms with Gasteiger partial charge in [0.1, 0.15) is 17.1 Å². The lowest BCUT2D eigenvalue weighted by Crippen LogP contribution is -2.53. The first-order valence-electron chi connectivity index (χ1n) is 11.8. The highest BCUT2D eigenvalue weighted by Crippen LogP contribution is 2.39. The van der Waals surface area contributed by atoms with Gasteiger partial charge in [-0.1, -0.05) is 43.5 Å². The molecule has 33 heavy (non-hydrogen) atoms. The maximum Gasteiger partial charge on any atom is 0.328 e. The van der Waals surface area contributed by atoms with Crippen LogP contribution in [0.4, 0.5) is 10.5 Å². The number of hydrogen-bond acceptors (Lipinski definition) is 4. The minimum absolute atomic E-state index is 0.0190. The molecule has 2 aromatic carbocycles. The maximum absolute atomic E-state index is 13.3. The first-order chi connectivity index (χ1) is 16.1. The van der Waals surface area contributed by atoms with Gasteiger partial charge in [0.05, 0.1) is 25.4 Å². The summed E-state index contributed by atoms with van der Waals surface area (Å²) in [6.07, 6.45) is 6.30. The number of amides is 3. The first-order valence-corrected chi connectivity index (χ1v) is 11.8. The van der Waals surface area contributed by atoms with Gasteiger partial charge in [-0.05, 0) is 43.5 Å². The molecular weight excluding hydrogens is 416 g/mol. The number of hydrogen-bond donors (Lipinski definition) is 1. The molecule has 1 saturated carbocycles. The van der Waals surface area contributed by atoms with Gasteiger partial charge in [-0.25, -0.2) is 4.79 Å². The molecule has 1 spiro atoms. The van der Waals surface area contributed by atoms with E-state index in [4.69, 9.17) is 9.73 Å². The first kappa shape index (κ1) is 21.5. The molecule has 172 valence electrons. The van der Waals surface area contributed by atoms with Crippen molar-refractivity contribution in [1.29, 1.82) is 0 Å². The summed E-state index contributed by atoms with van der Waals surface area (Å²) in [6, 6.07) is 16.9. The second-order valence-corrected chi connectivity index (χ2v) is 9.11. The van der Waals surface area contributed by atoms with E-state index in [0.717, 1.165) is 18.5 Å². The van der Waals surface area contributed by atoms with Crippen LogP contribution in [0.3, 0.4) is 0 Å². The van der Waals surface area contributed by atoms with E-state index in [0.29, 0.717) is 36.7 Å². The summed E-state index contributed by atoms with van der Waals surface area (Å²) < 4.78 is 5.41. The number of ether oxygens (including phenoxy) is 1. The summed E-state index contributed by atoms with van der Waals surface area (Å²) in [5.41, 5.74) is 0.700. The molecule has 1 aliphatic carbocycles. The number of carbonyl (C=O) groups is 2. The van der Waals surface area contributed by atoms with Crippen molar-refractivity contribution >= 4 is 23.5 Å². The molecule has 0 bridgehead atoms. The molecule has 7 nitrogen and oxygen atoms in total. The highest BCUT2D eigenvalue weighted by Gasteiger charge is 2.56. The normalized spacial score (nSPS) is 24.5. The Bertz CT molecular complexity index is 1060. The van der Waals surface area contributed by atoms with Crippen molar-refractivity contribution in [3.63, 3.8) is 0 Å². The van der Waals surface area contributed by atoms with E-state index in [9.17, 15) is 9.59 Å². The number of anilines is 1. The van der Waals surface area contributed by atoms with E-state index in [1.165, 1.54) is 19.3 Å². The smallest absolute Gasteiger partial charge is 0.328 e. The standard InChI is InChI=1S/C26H30N4O3/c1-33-22-14-8-13-21(17-22)30-25(32)28-24(27-20-11-6-3-7-12-20)26(30)15-16-29(18-26)23(31)19-9-4-2-5-10-19/h2,4-5,8-10,13-14,17,20H,3,6-7,11-12,15-16,18H2,1H3,(H,27,28,32). The van der Waals surface area contributed by atoms with Crippen LogP contribution in [-0.2, 0) is 0 Å². The second-order valence-electron chi connectivity index (χ2n) is 9.11. The number of amidine groups is 1. The second kappa shape index (κ2) is 8.89. The number of urea groups is 1. The van der Waals surface area contributed by atoms with Crippen molar-refractivity contribution in [1.82, 2.24) is 10.2 Å². The van der Waals surface area contributed by atoms with Crippen molar-refractivity contribution in [3.8, 4) is 5.75 Å². The van der Waals surface area contributed by atoms with Crippen molar-refractivity contribution < 1.29 is 14.3 Å². The average molecular weight is 447 g/mol. The zero-order valence-corrected chi connectivity index (χ0v) is 19.0. The Labute approximate surface area is 194 Å². The van der Waals surface area contributed by atoms with Gasteiger partial charge in [0.2, 0.25) is 0 Å². The molecule has 7 heteroatoms. The lowest BCUT2D eigenvalue weighted by atomic mass is 9.93. The van der Waals surface area contributed by atoms with E-state index in [2.05, 4.69) is 5.32 Å². The molecule has 2 heterocycles. The van der Waals surface area contributed by atoms with E-state index < -0.39 is 5.54 Å². The van der Waals surface area contributed by atoms with Gasteiger partial charge in [-0.2, -0.15) is 0 Å². The Morgan fingerprint density at radius 2 is 1.88 bits per heavy atom. The monoisotopic (exact) mass is 446 g/mol. The average Bonchev–Trinajstić information content (AvgIpc) is 3.41. The van der Waals surface area contributed by atoms with Gasteiger partial charge < -0.3 is 9.64 Å². The van der Waals surface area contributed by atoms with Crippen LogP contribution in [0.1, 0.15) is 48.9 Å². The predicted octanol–water partition coefficient (Wildman–Crippen LogP) is 4.24. The molecule has 1 N–H and O–H groups in total. The Kier molecular flexibility index (Phi) is 5.79. The lowest BCUT2D eigenvalue weighted by molar-refractivity contribution is 0.0788. The molecular formula is C26H30N4O3. The summed E-state index contributed by atoms with van der Waals surface area (Å²) >= 11 is 0. The summed E-state index contributed by atoms with van der Waals surface area (Å²) in [5, 5.41) is 3.08. The van der Waals surface area contributed by atoms with Crippen LogP contribution in [0.15, 0.2) is 59.6 Å². The fourth-order valence-electron chi connectivity index (χ4n) is 5.34. The maximum atomic E-state index is 13.3. The van der Waals surface area contributed by atoms with Gasteiger partial charge in [0, 0.05) is 18.2 Å². The van der Waals surface area contributed by atoms with Crippen LogP contribution < -0.4 is 15.0 Å². The predicted molar refractivity (Wildman–Crippen MR) is 128 cm³/mol. The molecule has 5 rings (SSSR count). The van der Waals surface area contributed by atoms with Crippen molar-refractivity contribution in [3.05, 3.63) is 60.2 Å². The molecule has 2 saturated heterocycles. The Hall–Kier alpha value is -3.35. The van der Waals surface area contributed by atoms with Crippen molar-refractivity contribution in [2.24, 2.45) is 4.99 Å². The van der Waals surface area contributed by atoms with Crippen LogP contribution in [0.5, 0.6) is 5.75 Å². The quantitative estimate of drug-likeness (QED) is 0.763. The minimum atomic E-state index is -0.703. The topological polar surface area (TPSA) is 74.2 Å². The molecule has 3 amide bonds. The number of rotatable bonds is 4. The van der Waals surface area contributed by atoms with E-state index in [-0.39, 0.29) is 18.0 Å². The van der Waals surface area contributed by atoms with Gasteiger partial charge in [0.25, 0.3) is 5.91 Å². The van der Waals surface area contributed by atoms with E-state index in [1.54, 1.807) is 12.0 Å². The lowest BCUT2D eigenvalue weighted by Gasteiger charge is -2.34. The number of likely N-dealkylation sites (tertiary alicyclic amines) is 1. The molecule has 1 atom stereocenters. The zero-order chi connectivity index (χ0) is 22.8. The number of nitrogens with zero attached hydrogens (tertiary/aromatic N) is 3. The van der Waals surface area contributed by atoms with Crippen LogP contribution in [-0.4, -0.2) is 54.5 Å². The van der Waals surface area contributed by atoms with Crippen LogP contribution in [0.25, 0.3) is 0 Å². The van der Waals surface area contributed by atoms with Crippen LogP contribution in [0, 0.1) is 0 Å². The number of methoxy groups -OCH3 is 1. The van der Waals surface area contributed by atoms with Gasteiger partial charge >= 0.3 is 6.03 Å². The Morgan fingerprint density at radius 3 is 2.64 bits per heavy atom. The van der Waals surface area contributed by atoms with Crippen LogP contribution >= 0.6 is 0 Å². The van der Waals surface area contributed by atoms with Gasteiger partial charge in [-0.15, -0.1) is 0 Å². The third-order valence-electron chi connectivity index (χ3n) is 7.05. The Morgan fingerprint density at radius 1 is 1.09 bits per heavy atom. The number of benzene rings is 2. The zero-order valence-electron chi connectivity index (χ0n) is 19.0. The van der Waals surface area contributed by atoms with E-state index >= 15 is 0 Å². The third kappa shape index (κ3) is 3.96. The SMILES string of the molecule is COc1cccc(N2C(=O)NC(=NC3CCCCC3)C23CCN(C(=O)c2ccccc2)C3)c1. The van der Waals surface area contributed by atoms with Crippen LogP contribution in [0.2, 0.25) is 0 Å². The number of aliphatic imine (C=N–C) groups is 1. The molecule has 3 fully saturated rings. The van der Waals surface area contributed by atoms with E-state index in [1.807, 2.05) is 59.5 Å². The Balaban J connectivity index is 1.53. The molecule has 3 aliphatic rings. The number of carbonyl (C=O) groups excluding carboxylic acids is 2. The summed E-state index contributed by atoms with van der Waals surface area (Å²) in [6.45, 7) is 0.967. The van der Waals surface area contributed by atoms with Crippen molar-refractivity contribution in [2.45, 2.75) is 50.1 Å².